The van der Waals surface area contributed by atoms with Crippen LogP contribution in [0, 0.1) is 5.82 Å². The number of thiophene rings is 1. The van der Waals surface area contributed by atoms with Gasteiger partial charge in [0.1, 0.15) is 5.82 Å². The summed E-state index contributed by atoms with van der Waals surface area (Å²) in [4.78, 5) is 15.5. The summed E-state index contributed by atoms with van der Waals surface area (Å²) in [6.45, 7) is 1.21. The Hall–Kier alpha value is -1.88. The summed E-state index contributed by atoms with van der Waals surface area (Å²) in [6.07, 6.45) is 2.05. The molecule has 0 saturated carbocycles. The van der Waals surface area contributed by atoms with E-state index in [0.29, 0.717) is 6.54 Å². The van der Waals surface area contributed by atoms with Crippen LogP contribution in [-0.2, 0) is 6.54 Å². The standard InChI is InChI=1S/C16H17FN2OS/c17-13-7-5-12(6-8-13)11-18-16(20)19-9-1-3-14(19)15-4-2-10-21-15/h2,4-8,10,14H,1,3,9,11H2,(H,18,20)/t14-/m0/s1. The highest BCUT2D eigenvalue weighted by Gasteiger charge is 2.30. The summed E-state index contributed by atoms with van der Waals surface area (Å²) in [5.41, 5.74) is 0.900. The minimum absolute atomic E-state index is 0.0461. The van der Waals surface area contributed by atoms with Crippen LogP contribution in [0.1, 0.15) is 29.3 Å². The lowest BCUT2D eigenvalue weighted by molar-refractivity contribution is 0.193. The first kappa shape index (κ1) is 14.1. The third-order valence-corrected chi connectivity index (χ3v) is 4.72. The monoisotopic (exact) mass is 304 g/mol. The van der Waals surface area contributed by atoms with Gasteiger partial charge in [-0.3, -0.25) is 0 Å². The van der Waals surface area contributed by atoms with Gasteiger partial charge in [-0.25, -0.2) is 9.18 Å². The van der Waals surface area contributed by atoms with Crippen LogP contribution in [0.2, 0.25) is 0 Å². The Morgan fingerprint density at radius 3 is 2.86 bits per heavy atom. The average molecular weight is 304 g/mol. The zero-order chi connectivity index (χ0) is 14.7. The highest BCUT2D eigenvalue weighted by atomic mass is 32.1. The van der Waals surface area contributed by atoms with Gasteiger partial charge in [0.15, 0.2) is 0 Å². The molecule has 0 spiro atoms. The molecule has 1 atom stereocenters. The van der Waals surface area contributed by atoms with Crippen LogP contribution >= 0.6 is 11.3 Å². The van der Waals surface area contributed by atoms with E-state index in [9.17, 15) is 9.18 Å². The van der Waals surface area contributed by atoms with E-state index in [1.165, 1.54) is 17.0 Å². The first-order valence-corrected chi connectivity index (χ1v) is 7.94. The van der Waals surface area contributed by atoms with Crippen molar-refractivity contribution in [3.05, 3.63) is 58.0 Å². The molecule has 110 valence electrons. The normalized spacial score (nSPS) is 18.0. The van der Waals surface area contributed by atoms with Crippen molar-refractivity contribution in [3.8, 4) is 0 Å². The summed E-state index contributed by atoms with van der Waals surface area (Å²) < 4.78 is 12.8. The summed E-state index contributed by atoms with van der Waals surface area (Å²) >= 11 is 1.69. The molecule has 0 radical (unpaired) electrons. The molecule has 1 aliphatic heterocycles. The molecular weight excluding hydrogens is 287 g/mol. The molecule has 2 amide bonds. The van der Waals surface area contributed by atoms with Crippen LogP contribution < -0.4 is 5.32 Å². The molecule has 1 aromatic heterocycles. The quantitative estimate of drug-likeness (QED) is 0.915. The number of nitrogens with zero attached hydrogens (tertiary/aromatic N) is 1. The zero-order valence-electron chi connectivity index (χ0n) is 11.6. The lowest BCUT2D eigenvalue weighted by Crippen LogP contribution is -2.38. The molecule has 21 heavy (non-hydrogen) atoms. The highest BCUT2D eigenvalue weighted by molar-refractivity contribution is 7.10. The van der Waals surface area contributed by atoms with Gasteiger partial charge in [0.05, 0.1) is 6.04 Å². The maximum absolute atomic E-state index is 12.8. The number of urea groups is 1. The van der Waals surface area contributed by atoms with Crippen molar-refractivity contribution in [2.24, 2.45) is 0 Å². The fraction of sp³-hybridized carbons (Fsp3) is 0.312. The predicted octanol–water partition coefficient (Wildman–Crippen LogP) is 3.93. The number of benzene rings is 1. The van der Waals surface area contributed by atoms with Gasteiger partial charge < -0.3 is 10.2 Å². The van der Waals surface area contributed by atoms with E-state index in [0.717, 1.165) is 24.9 Å². The number of hydrogen-bond acceptors (Lipinski definition) is 2. The van der Waals surface area contributed by atoms with Gasteiger partial charge in [0, 0.05) is 18.0 Å². The SMILES string of the molecule is O=C(NCc1ccc(F)cc1)N1CCC[C@H]1c1cccs1. The number of carbonyl (C=O) groups excluding carboxylic acids is 1. The van der Waals surface area contributed by atoms with Gasteiger partial charge in [0.2, 0.25) is 0 Å². The maximum Gasteiger partial charge on any atom is 0.318 e. The molecule has 0 bridgehead atoms. The first-order chi connectivity index (χ1) is 10.2. The van der Waals surface area contributed by atoms with Crippen molar-refractivity contribution in [2.75, 3.05) is 6.54 Å². The maximum atomic E-state index is 12.8. The van der Waals surface area contributed by atoms with E-state index < -0.39 is 0 Å². The highest BCUT2D eigenvalue weighted by Crippen LogP contribution is 2.34. The molecule has 1 aromatic carbocycles. The molecule has 2 aromatic rings. The second-order valence-electron chi connectivity index (χ2n) is 5.15. The second kappa shape index (κ2) is 6.26. The Balaban J connectivity index is 1.61. The number of amides is 2. The van der Waals surface area contributed by atoms with Gasteiger partial charge in [0.25, 0.3) is 0 Å². The molecule has 1 saturated heterocycles. The van der Waals surface area contributed by atoms with Gasteiger partial charge >= 0.3 is 6.03 Å². The number of halogens is 1. The van der Waals surface area contributed by atoms with Gasteiger partial charge in [-0.2, -0.15) is 0 Å². The van der Waals surface area contributed by atoms with Gasteiger partial charge in [-0.05, 0) is 42.0 Å². The van der Waals surface area contributed by atoms with E-state index in [-0.39, 0.29) is 17.9 Å². The predicted molar refractivity (Wildman–Crippen MR) is 81.6 cm³/mol. The Labute approximate surface area is 127 Å². The lowest BCUT2D eigenvalue weighted by Gasteiger charge is -2.24. The molecule has 3 nitrogen and oxygen atoms in total. The lowest BCUT2D eigenvalue weighted by atomic mass is 10.2. The Kier molecular flexibility index (Phi) is 4.20. The number of hydrogen-bond donors (Lipinski definition) is 1. The van der Waals surface area contributed by atoms with Crippen molar-refractivity contribution in [3.63, 3.8) is 0 Å². The van der Waals surface area contributed by atoms with Crippen LogP contribution in [0.5, 0.6) is 0 Å². The average Bonchev–Trinajstić information content (AvgIpc) is 3.16. The van der Waals surface area contributed by atoms with E-state index >= 15 is 0 Å². The topological polar surface area (TPSA) is 32.3 Å². The Bertz CT molecular complexity index is 597. The molecule has 3 rings (SSSR count). The molecular formula is C16H17FN2OS. The van der Waals surface area contributed by atoms with E-state index in [4.69, 9.17) is 0 Å². The molecule has 5 heteroatoms. The van der Waals surface area contributed by atoms with Crippen LogP contribution in [0.15, 0.2) is 41.8 Å². The summed E-state index contributed by atoms with van der Waals surface area (Å²) in [5.74, 6) is -0.262. The number of likely N-dealkylation sites (tertiary alicyclic amines) is 1. The van der Waals surface area contributed by atoms with E-state index in [1.807, 2.05) is 16.3 Å². The summed E-state index contributed by atoms with van der Waals surface area (Å²) in [7, 11) is 0. The summed E-state index contributed by atoms with van der Waals surface area (Å²) in [6, 6.07) is 10.5. The van der Waals surface area contributed by atoms with Crippen LogP contribution in [-0.4, -0.2) is 17.5 Å². The van der Waals surface area contributed by atoms with Crippen LogP contribution in [0.3, 0.4) is 0 Å². The molecule has 1 N–H and O–H groups in total. The smallest absolute Gasteiger partial charge is 0.318 e. The fourth-order valence-corrected chi connectivity index (χ4v) is 3.54. The molecule has 2 heterocycles. The number of nitrogens with one attached hydrogen (secondary N) is 1. The Morgan fingerprint density at radius 2 is 2.14 bits per heavy atom. The van der Waals surface area contributed by atoms with Crippen molar-refractivity contribution < 1.29 is 9.18 Å². The van der Waals surface area contributed by atoms with Crippen molar-refractivity contribution >= 4 is 17.4 Å². The third-order valence-electron chi connectivity index (χ3n) is 3.74. The first-order valence-electron chi connectivity index (χ1n) is 7.06. The van der Waals surface area contributed by atoms with Gasteiger partial charge in [-0.15, -0.1) is 11.3 Å². The van der Waals surface area contributed by atoms with Crippen molar-refractivity contribution in [1.29, 1.82) is 0 Å². The van der Waals surface area contributed by atoms with E-state index in [1.54, 1.807) is 23.5 Å². The van der Waals surface area contributed by atoms with Crippen LogP contribution in [0.4, 0.5) is 9.18 Å². The van der Waals surface area contributed by atoms with Crippen LogP contribution in [0.25, 0.3) is 0 Å². The zero-order valence-corrected chi connectivity index (χ0v) is 12.4. The third kappa shape index (κ3) is 3.24. The molecule has 1 aliphatic rings. The van der Waals surface area contributed by atoms with Crippen molar-refractivity contribution in [1.82, 2.24) is 10.2 Å². The Morgan fingerprint density at radius 1 is 1.33 bits per heavy atom. The molecule has 1 fully saturated rings. The van der Waals surface area contributed by atoms with Crippen molar-refractivity contribution in [2.45, 2.75) is 25.4 Å². The fourth-order valence-electron chi connectivity index (χ4n) is 2.67. The number of rotatable bonds is 3. The minimum atomic E-state index is -0.262. The second-order valence-corrected chi connectivity index (χ2v) is 6.13. The largest absolute Gasteiger partial charge is 0.334 e. The molecule has 0 aliphatic carbocycles. The minimum Gasteiger partial charge on any atom is -0.334 e. The van der Waals surface area contributed by atoms with E-state index in [2.05, 4.69) is 11.4 Å². The summed E-state index contributed by atoms with van der Waals surface area (Å²) in [5, 5.41) is 4.97. The number of carbonyl (C=O) groups is 1. The van der Waals surface area contributed by atoms with Gasteiger partial charge in [-0.1, -0.05) is 18.2 Å². The molecule has 0 unspecified atom stereocenters.